The Hall–Kier alpha value is -0.490. The number of likely N-dealkylation sites (N-methyl/N-ethyl adjacent to an activating group) is 1. The van der Waals surface area contributed by atoms with Crippen LogP contribution in [-0.4, -0.2) is 54.8 Å². The highest BCUT2D eigenvalue weighted by molar-refractivity contribution is 7.09. The molecule has 0 aromatic carbocycles. The first kappa shape index (κ1) is 14.9. The fourth-order valence-electron chi connectivity index (χ4n) is 2.78. The van der Waals surface area contributed by atoms with Gasteiger partial charge >= 0.3 is 0 Å². The molecular weight excluding hydrogens is 258 g/mol. The molecule has 2 rings (SSSR count). The van der Waals surface area contributed by atoms with Gasteiger partial charge in [0.2, 0.25) is 0 Å². The smallest absolute Gasteiger partial charge is 0.0897 e. The normalized spacial score (nSPS) is 19.6. The Balaban J connectivity index is 2.06. The molecule has 0 radical (unpaired) electrons. The maximum atomic E-state index is 5.46. The monoisotopic (exact) mass is 283 g/mol. The highest BCUT2D eigenvalue weighted by Crippen LogP contribution is 2.23. The van der Waals surface area contributed by atoms with Crippen LogP contribution in [0.1, 0.15) is 24.5 Å². The summed E-state index contributed by atoms with van der Waals surface area (Å²) in [5, 5.41) is 6.80. The van der Waals surface area contributed by atoms with Crippen molar-refractivity contribution in [2.45, 2.75) is 38.8 Å². The molecule has 0 aliphatic carbocycles. The minimum atomic E-state index is 0.107. The van der Waals surface area contributed by atoms with E-state index in [1.54, 1.807) is 11.3 Å². The molecule has 108 valence electrons. The molecule has 0 spiro atoms. The van der Waals surface area contributed by atoms with E-state index in [0.29, 0.717) is 6.04 Å². The summed E-state index contributed by atoms with van der Waals surface area (Å²) < 4.78 is 5.46. The van der Waals surface area contributed by atoms with Gasteiger partial charge in [0.15, 0.2) is 0 Å². The Morgan fingerprint density at radius 3 is 2.68 bits per heavy atom. The lowest BCUT2D eigenvalue weighted by molar-refractivity contribution is -0.0224. The largest absolute Gasteiger partial charge is 0.379 e. The minimum Gasteiger partial charge on any atom is -0.379 e. The van der Waals surface area contributed by atoms with E-state index in [2.05, 4.69) is 41.4 Å². The van der Waals surface area contributed by atoms with Gasteiger partial charge < -0.3 is 10.1 Å². The molecule has 1 aliphatic heterocycles. The van der Waals surface area contributed by atoms with Gasteiger partial charge in [-0.25, -0.2) is 4.98 Å². The lowest BCUT2D eigenvalue weighted by atomic mass is 9.88. The average molecular weight is 283 g/mol. The average Bonchev–Trinajstić information content (AvgIpc) is 2.82. The summed E-state index contributed by atoms with van der Waals surface area (Å²) >= 11 is 1.73. The summed E-state index contributed by atoms with van der Waals surface area (Å²) in [5.41, 5.74) is 1.30. The number of aryl methyl sites for hydroxylation is 1. The zero-order chi connectivity index (χ0) is 13.9. The fraction of sp³-hybridized carbons (Fsp3) is 0.786. The summed E-state index contributed by atoms with van der Waals surface area (Å²) in [7, 11) is 2.05. The van der Waals surface area contributed by atoms with Gasteiger partial charge in [0, 0.05) is 36.5 Å². The fourth-order valence-corrected chi connectivity index (χ4v) is 3.40. The van der Waals surface area contributed by atoms with Crippen molar-refractivity contribution in [3.05, 3.63) is 16.1 Å². The van der Waals surface area contributed by atoms with Crippen LogP contribution in [0.4, 0.5) is 0 Å². The predicted molar refractivity (Wildman–Crippen MR) is 79.9 cm³/mol. The lowest BCUT2D eigenvalue weighted by Gasteiger charge is -2.45. The molecule has 1 aliphatic rings. The number of hydrogen-bond acceptors (Lipinski definition) is 5. The van der Waals surface area contributed by atoms with Gasteiger partial charge in [0.1, 0.15) is 0 Å². The van der Waals surface area contributed by atoms with Gasteiger partial charge in [-0.2, -0.15) is 0 Å². The second-order valence-electron chi connectivity index (χ2n) is 5.66. The molecule has 1 atom stereocenters. The van der Waals surface area contributed by atoms with E-state index in [9.17, 15) is 0 Å². The van der Waals surface area contributed by atoms with Crippen molar-refractivity contribution < 1.29 is 4.74 Å². The standard InChI is InChI=1S/C14H25N3OS/c1-11-16-12(10-19-11)9-13(15-4)14(2,3)17-5-7-18-8-6-17/h10,13,15H,5-9H2,1-4H3. The van der Waals surface area contributed by atoms with Gasteiger partial charge in [0.25, 0.3) is 0 Å². The number of nitrogens with one attached hydrogen (secondary N) is 1. The summed E-state index contributed by atoms with van der Waals surface area (Å²) in [5.74, 6) is 0. The van der Waals surface area contributed by atoms with Crippen LogP contribution < -0.4 is 5.32 Å². The summed E-state index contributed by atoms with van der Waals surface area (Å²) in [4.78, 5) is 7.12. The molecule has 19 heavy (non-hydrogen) atoms. The number of nitrogens with zero attached hydrogens (tertiary/aromatic N) is 2. The van der Waals surface area contributed by atoms with Crippen LogP contribution >= 0.6 is 11.3 Å². The molecule has 0 amide bonds. The van der Waals surface area contributed by atoms with Gasteiger partial charge in [0.05, 0.1) is 23.9 Å². The lowest BCUT2D eigenvalue weighted by Crippen LogP contribution is -2.60. The van der Waals surface area contributed by atoms with Crippen molar-refractivity contribution in [2.75, 3.05) is 33.4 Å². The quantitative estimate of drug-likeness (QED) is 0.892. The highest BCUT2D eigenvalue weighted by Gasteiger charge is 2.35. The molecule has 1 N–H and O–H groups in total. The molecule has 1 aromatic heterocycles. The second-order valence-corrected chi connectivity index (χ2v) is 6.72. The van der Waals surface area contributed by atoms with E-state index >= 15 is 0 Å². The van der Waals surface area contributed by atoms with Crippen LogP contribution in [0.2, 0.25) is 0 Å². The Morgan fingerprint density at radius 2 is 2.16 bits per heavy atom. The van der Waals surface area contributed by atoms with E-state index in [1.165, 1.54) is 5.69 Å². The van der Waals surface area contributed by atoms with E-state index < -0.39 is 0 Å². The van der Waals surface area contributed by atoms with Crippen LogP contribution in [-0.2, 0) is 11.2 Å². The highest BCUT2D eigenvalue weighted by atomic mass is 32.1. The van der Waals surface area contributed by atoms with Crippen LogP contribution in [0, 0.1) is 6.92 Å². The summed E-state index contributed by atoms with van der Waals surface area (Å²) in [6.45, 7) is 10.4. The summed E-state index contributed by atoms with van der Waals surface area (Å²) in [6.07, 6.45) is 0.977. The molecule has 1 unspecified atom stereocenters. The van der Waals surface area contributed by atoms with Crippen molar-refractivity contribution in [1.82, 2.24) is 15.2 Å². The van der Waals surface area contributed by atoms with Crippen LogP contribution in [0.3, 0.4) is 0 Å². The minimum absolute atomic E-state index is 0.107. The van der Waals surface area contributed by atoms with E-state index in [0.717, 1.165) is 37.7 Å². The molecular formula is C14H25N3OS. The van der Waals surface area contributed by atoms with Crippen molar-refractivity contribution in [3.8, 4) is 0 Å². The van der Waals surface area contributed by atoms with Crippen molar-refractivity contribution in [2.24, 2.45) is 0 Å². The van der Waals surface area contributed by atoms with Crippen LogP contribution in [0.25, 0.3) is 0 Å². The van der Waals surface area contributed by atoms with E-state index in [4.69, 9.17) is 4.74 Å². The predicted octanol–water partition coefficient (Wildman–Crippen LogP) is 1.69. The Labute approximate surface area is 120 Å². The zero-order valence-electron chi connectivity index (χ0n) is 12.4. The molecule has 5 heteroatoms. The molecule has 1 aromatic rings. The van der Waals surface area contributed by atoms with E-state index in [1.807, 2.05) is 7.05 Å². The SMILES string of the molecule is CNC(Cc1csc(C)n1)C(C)(C)N1CCOCC1. The molecule has 0 bridgehead atoms. The van der Waals surface area contributed by atoms with Gasteiger partial charge in [-0.1, -0.05) is 0 Å². The zero-order valence-corrected chi connectivity index (χ0v) is 13.2. The Bertz CT molecular complexity index is 399. The maximum Gasteiger partial charge on any atom is 0.0897 e. The van der Waals surface area contributed by atoms with Crippen LogP contribution in [0.15, 0.2) is 5.38 Å². The summed E-state index contributed by atoms with van der Waals surface area (Å²) in [6, 6.07) is 0.395. The first-order valence-corrected chi connectivity index (χ1v) is 7.83. The topological polar surface area (TPSA) is 37.4 Å². The number of thiazole rings is 1. The van der Waals surface area contributed by atoms with Gasteiger partial charge in [-0.05, 0) is 27.8 Å². The molecule has 1 fully saturated rings. The molecule has 4 nitrogen and oxygen atoms in total. The first-order valence-electron chi connectivity index (χ1n) is 6.95. The molecule has 2 heterocycles. The Morgan fingerprint density at radius 1 is 1.47 bits per heavy atom. The number of aromatic nitrogens is 1. The Kier molecular flexibility index (Phi) is 4.95. The van der Waals surface area contributed by atoms with Gasteiger partial charge in [-0.15, -0.1) is 11.3 Å². The number of morpholine rings is 1. The maximum absolute atomic E-state index is 5.46. The number of hydrogen-bond donors (Lipinski definition) is 1. The third-order valence-electron chi connectivity index (χ3n) is 4.11. The van der Waals surface area contributed by atoms with Crippen molar-refractivity contribution >= 4 is 11.3 Å². The first-order chi connectivity index (χ1) is 9.04. The van der Waals surface area contributed by atoms with E-state index in [-0.39, 0.29) is 5.54 Å². The molecule has 0 saturated carbocycles. The van der Waals surface area contributed by atoms with Crippen LogP contribution in [0.5, 0.6) is 0 Å². The molecule has 1 saturated heterocycles. The van der Waals surface area contributed by atoms with Crippen molar-refractivity contribution in [1.29, 1.82) is 0 Å². The second kappa shape index (κ2) is 6.31. The third kappa shape index (κ3) is 3.54. The number of rotatable bonds is 5. The number of ether oxygens (including phenoxy) is 1. The third-order valence-corrected chi connectivity index (χ3v) is 4.93. The van der Waals surface area contributed by atoms with Crippen molar-refractivity contribution in [3.63, 3.8) is 0 Å². The van der Waals surface area contributed by atoms with Gasteiger partial charge in [-0.3, -0.25) is 4.90 Å².